The largest absolute Gasteiger partial charge is 0.343 e. The quantitative estimate of drug-likeness (QED) is 0.375. The predicted molar refractivity (Wildman–Crippen MR) is 145 cm³/mol. The molecule has 188 valence electrons. The van der Waals surface area contributed by atoms with Crippen molar-refractivity contribution in [2.24, 2.45) is 0 Å². The van der Waals surface area contributed by atoms with Crippen molar-refractivity contribution in [1.29, 1.82) is 0 Å². The fourth-order valence-electron chi connectivity index (χ4n) is 5.83. The smallest absolute Gasteiger partial charge is 0.326 e. The van der Waals surface area contributed by atoms with Crippen LogP contribution in [0.4, 0.5) is 0 Å². The minimum Gasteiger partial charge on any atom is -0.343 e. The van der Waals surface area contributed by atoms with Crippen LogP contribution in [-0.4, -0.2) is 42.8 Å². The molecule has 0 radical (unpaired) electrons. The zero-order valence-corrected chi connectivity index (χ0v) is 21.2. The van der Waals surface area contributed by atoms with Gasteiger partial charge in [0.15, 0.2) is 0 Å². The number of nitrogens with zero attached hydrogens (tertiary/aromatic N) is 4. The first-order valence-corrected chi connectivity index (χ1v) is 13.0. The van der Waals surface area contributed by atoms with E-state index in [4.69, 9.17) is 0 Å². The van der Waals surface area contributed by atoms with Gasteiger partial charge < -0.3 is 14.3 Å². The summed E-state index contributed by atoms with van der Waals surface area (Å²) in [6, 6.07) is 20.3. The Morgan fingerprint density at radius 1 is 1.05 bits per heavy atom. The van der Waals surface area contributed by atoms with Crippen LogP contribution in [0.25, 0.3) is 16.7 Å². The first-order valence-electron chi connectivity index (χ1n) is 13.0. The lowest BCUT2D eigenvalue weighted by Gasteiger charge is -2.33. The summed E-state index contributed by atoms with van der Waals surface area (Å²) in [5.41, 5.74) is 7.11. The fraction of sp³-hybridized carbons (Fsp3) is 0.300. The Kier molecular flexibility index (Phi) is 5.91. The Hall–Kier alpha value is -4.13. The molecule has 1 fully saturated rings. The molecule has 3 aromatic heterocycles. The van der Waals surface area contributed by atoms with E-state index < -0.39 is 0 Å². The number of amides is 1. The molecule has 1 amide bonds. The first kappa shape index (κ1) is 23.3. The van der Waals surface area contributed by atoms with Gasteiger partial charge in [-0.15, -0.1) is 0 Å². The summed E-state index contributed by atoms with van der Waals surface area (Å²) >= 11 is 0. The van der Waals surface area contributed by atoms with Gasteiger partial charge in [-0.05, 0) is 67.6 Å². The maximum absolute atomic E-state index is 13.7. The summed E-state index contributed by atoms with van der Waals surface area (Å²) in [5, 5.41) is 0. The number of hydrogen-bond acceptors (Lipinski definition) is 3. The minimum absolute atomic E-state index is 0.0755. The molecule has 0 bridgehead atoms. The summed E-state index contributed by atoms with van der Waals surface area (Å²) < 4.78 is 3.97. The Labute approximate surface area is 215 Å². The van der Waals surface area contributed by atoms with Gasteiger partial charge in [-0.1, -0.05) is 36.4 Å². The van der Waals surface area contributed by atoms with E-state index in [2.05, 4.69) is 52.5 Å². The van der Waals surface area contributed by atoms with Crippen molar-refractivity contribution in [3.63, 3.8) is 0 Å². The predicted octanol–water partition coefficient (Wildman–Crippen LogP) is 4.98. The van der Waals surface area contributed by atoms with Gasteiger partial charge in [-0.2, -0.15) is 0 Å². The number of rotatable bonds is 5. The van der Waals surface area contributed by atoms with Crippen LogP contribution in [0.2, 0.25) is 0 Å². The van der Waals surface area contributed by atoms with Crippen molar-refractivity contribution in [2.45, 2.75) is 45.1 Å². The summed E-state index contributed by atoms with van der Waals surface area (Å²) in [5.74, 6) is 0.0420. The average Bonchev–Trinajstić information content (AvgIpc) is 3.47. The maximum Gasteiger partial charge on any atom is 0.326 e. The molecular formula is C30H31N5O2. The molecule has 5 aromatic rings. The van der Waals surface area contributed by atoms with E-state index in [-0.39, 0.29) is 23.6 Å². The third-order valence-electron chi connectivity index (χ3n) is 7.80. The lowest BCUT2D eigenvalue weighted by atomic mass is 9.88. The second-order valence-electron chi connectivity index (χ2n) is 10.2. The van der Waals surface area contributed by atoms with Crippen molar-refractivity contribution in [1.82, 2.24) is 23.8 Å². The van der Waals surface area contributed by atoms with Crippen LogP contribution in [0.15, 0.2) is 77.9 Å². The van der Waals surface area contributed by atoms with E-state index in [0.717, 1.165) is 46.3 Å². The molecule has 7 nitrogen and oxygen atoms in total. The molecule has 6 rings (SSSR count). The van der Waals surface area contributed by atoms with Crippen LogP contribution in [0.3, 0.4) is 0 Å². The number of nitrogens with one attached hydrogen (secondary N) is 1. The molecule has 1 unspecified atom stereocenters. The van der Waals surface area contributed by atoms with Crippen LogP contribution in [0.5, 0.6) is 0 Å². The highest BCUT2D eigenvalue weighted by atomic mass is 16.2. The molecule has 7 heteroatoms. The van der Waals surface area contributed by atoms with Gasteiger partial charge in [0.25, 0.3) is 0 Å². The highest BCUT2D eigenvalue weighted by molar-refractivity contribution is 5.78. The second-order valence-corrected chi connectivity index (χ2v) is 10.2. The number of benzene rings is 2. The zero-order valence-electron chi connectivity index (χ0n) is 21.2. The van der Waals surface area contributed by atoms with Crippen LogP contribution in [0, 0.1) is 13.8 Å². The van der Waals surface area contributed by atoms with E-state index in [0.29, 0.717) is 19.5 Å². The highest BCUT2D eigenvalue weighted by Gasteiger charge is 2.29. The molecule has 4 heterocycles. The summed E-state index contributed by atoms with van der Waals surface area (Å²) in [7, 11) is 0. The molecule has 1 saturated heterocycles. The molecule has 1 atom stereocenters. The lowest BCUT2D eigenvalue weighted by Crippen LogP contribution is -2.41. The number of para-hydroxylation sites is 2. The van der Waals surface area contributed by atoms with E-state index in [1.54, 1.807) is 0 Å². The van der Waals surface area contributed by atoms with Crippen LogP contribution >= 0.6 is 0 Å². The fourth-order valence-corrected chi connectivity index (χ4v) is 5.83. The van der Waals surface area contributed by atoms with Gasteiger partial charge in [-0.25, -0.2) is 9.78 Å². The number of hydrogen-bond donors (Lipinski definition) is 1. The average molecular weight is 494 g/mol. The van der Waals surface area contributed by atoms with Gasteiger partial charge in [0.2, 0.25) is 5.91 Å². The van der Waals surface area contributed by atoms with Crippen molar-refractivity contribution in [3.05, 3.63) is 106 Å². The normalized spacial score (nSPS) is 15.5. The van der Waals surface area contributed by atoms with Crippen LogP contribution in [-0.2, 0) is 4.79 Å². The Balaban J connectivity index is 1.24. The molecular weight excluding hydrogens is 462 g/mol. The van der Waals surface area contributed by atoms with Crippen molar-refractivity contribution in [3.8, 4) is 0 Å². The molecule has 2 aromatic carbocycles. The Morgan fingerprint density at radius 2 is 1.81 bits per heavy atom. The van der Waals surface area contributed by atoms with Crippen molar-refractivity contribution < 1.29 is 4.79 Å². The SMILES string of the molecule is Cc1ccn2c(C(CC(=O)N3CCC(n4c(=O)[nH]c5ccccc54)CC3)c3ccccc3C)cnc2c1. The molecule has 1 aliphatic rings. The summed E-state index contributed by atoms with van der Waals surface area (Å²) in [4.78, 5) is 35.9. The monoisotopic (exact) mass is 493 g/mol. The third kappa shape index (κ3) is 4.24. The van der Waals surface area contributed by atoms with E-state index in [1.807, 2.05) is 58.3 Å². The van der Waals surface area contributed by atoms with Gasteiger partial charge >= 0.3 is 5.69 Å². The zero-order chi connectivity index (χ0) is 25.5. The Bertz CT molecular complexity index is 1650. The maximum atomic E-state index is 13.7. The Morgan fingerprint density at radius 3 is 2.62 bits per heavy atom. The van der Waals surface area contributed by atoms with E-state index in [9.17, 15) is 9.59 Å². The number of pyridine rings is 1. The van der Waals surface area contributed by atoms with Gasteiger partial charge in [0.1, 0.15) is 5.65 Å². The number of imidazole rings is 2. The molecule has 0 saturated carbocycles. The van der Waals surface area contributed by atoms with Crippen molar-refractivity contribution >= 4 is 22.6 Å². The lowest BCUT2D eigenvalue weighted by molar-refractivity contribution is -0.132. The highest BCUT2D eigenvalue weighted by Crippen LogP contribution is 2.33. The number of aromatic nitrogens is 4. The summed E-state index contributed by atoms with van der Waals surface area (Å²) in [6.45, 7) is 5.44. The molecule has 1 N–H and O–H groups in total. The second kappa shape index (κ2) is 9.39. The number of likely N-dealkylation sites (tertiary alicyclic amines) is 1. The topological polar surface area (TPSA) is 75.4 Å². The van der Waals surface area contributed by atoms with E-state index >= 15 is 0 Å². The minimum atomic E-state index is -0.0969. The molecule has 0 aliphatic carbocycles. The van der Waals surface area contributed by atoms with Crippen molar-refractivity contribution in [2.75, 3.05) is 13.1 Å². The molecule has 37 heavy (non-hydrogen) atoms. The number of H-pyrrole nitrogens is 1. The molecule has 1 aliphatic heterocycles. The number of fused-ring (bicyclic) bond motifs is 2. The number of aryl methyl sites for hydroxylation is 2. The summed E-state index contributed by atoms with van der Waals surface area (Å²) in [6.07, 6.45) is 5.86. The number of aromatic amines is 1. The number of piperidine rings is 1. The standard InChI is InChI=1S/C30H31N5O2/c1-20-11-16-34-27(19-31-28(34)17-20)24(23-8-4-3-7-21(23)2)18-29(36)33-14-12-22(13-15-33)35-26-10-6-5-9-25(26)32-30(35)37/h3-11,16-17,19,22,24H,12-15,18H2,1-2H3,(H,32,37). The van der Waals surface area contributed by atoms with Gasteiger partial charge in [0, 0.05) is 43.9 Å². The van der Waals surface area contributed by atoms with Gasteiger partial charge in [0.05, 0.1) is 16.7 Å². The van der Waals surface area contributed by atoms with Crippen LogP contribution in [0.1, 0.15) is 53.6 Å². The van der Waals surface area contributed by atoms with E-state index in [1.165, 1.54) is 5.56 Å². The number of carbonyl (C=O) groups excluding carboxylic acids is 1. The third-order valence-corrected chi connectivity index (χ3v) is 7.80. The molecule has 0 spiro atoms. The number of carbonyl (C=O) groups is 1. The van der Waals surface area contributed by atoms with Crippen LogP contribution < -0.4 is 5.69 Å². The first-order chi connectivity index (χ1) is 18.0. The van der Waals surface area contributed by atoms with Gasteiger partial charge in [-0.3, -0.25) is 9.36 Å².